The van der Waals surface area contributed by atoms with Crippen molar-refractivity contribution in [1.82, 2.24) is 10.3 Å². The first-order chi connectivity index (χ1) is 12.7. The van der Waals surface area contributed by atoms with Crippen molar-refractivity contribution in [3.63, 3.8) is 0 Å². The maximum atomic E-state index is 4.56. The summed E-state index contributed by atoms with van der Waals surface area (Å²) in [6.45, 7) is 6.05. The van der Waals surface area contributed by atoms with Crippen LogP contribution in [0.15, 0.2) is 72.9 Å². The van der Waals surface area contributed by atoms with Gasteiger partial charge in [-0.2, -0.15) is 0 Å². The van der Waals surface area contributed by atoms with E-state index in [0.29, 0.717) is 0 Å². The minimum atomic E-state index is 0.207. The molecule has 3 nitrogen and oxygen atoms in total. The number of anilines is 1. The van der Waals surface area contributed by atoms with Crippen LogP contribution < -0.4 is 10.6 Å². The summed E-state index contributed by atoms with van der Waals surface area (Å²) < 4.78 is 0. The van der Waals surface area contributed by atoms with Crippen molar-refractivity contribution in [3.05, 3.63) is 95.3 Å². The number of para-hydroxylation sites is 1. The molecule has 134 valence electrons. The third-order valence-corrected chi connectivity index (χ3v) is 4.63. The van der Waals surface area contributed by atoms with Gasteiger partial charge in [-0.15, -0.1) is 0 Å². The maximum absolute atomic E-state index is 4.56. The molecule has 0 saturated heterocycles. The van der Waals surface area contributed by atoms with Gasteiger partial charge in [0, 0.05) is 25.0 Å². The van der Waals surface area contributed by atoms with Crippen molar-refractivity contribution >= 4 is 5.69 Å². The molecule has 0 saturated carbocycles. The quantitative estimate of drug-likeness (QED) is 0.582. The van der Waals surface area contributed by atoms with Crippen LogP contribution in [0.2, 0.25) is 0 Å². The Balaban J connectivity index is 1.61. The van der Waals surface area contributed by atoms with E-state index in [1.165, 1.54) is 22.4 Å². The van der Waals surface area contributed by atoms with Crippen LogP contribution in [0, 0.1) is 13.8 Å². The molecule has 0 aliphatic heterocycles. The Labute approximate surface area is 156 Å². The molecule has 0 bridgehead atoms. The predicted molar refractivity (Wildman–Crippen MR) is 110 cm³/mol. The number of nitrogens with zero attached hydrogens (tertiary/aromatic N) is 1. The van der Waals surface area contributed by atoms with E-state index in [2.05, 4.69) is 90.1 Å². The molecule has 1 atom stereocenters. The van der Waals surface area contributed by atoms with Crippen LogP contribution >= 0.6 is 0 Å². The normalized spacial score (nSPS) is 11.9. The van der Waals surface area contributed by atoms with Gasteiger partial charge in [-0.25, -0.2) is 0 Å². The summed E-state index contributed by atoms with van der Waals surface area (Å²) in [6.07, 6.45) is 2.80. The molecule has 0 radical (unpaired) electrons. The molecule has 0 aliphatic rings. The average molecular weight is 345 g/mol. The van der Waals surface area contributed by atoms with Crippen LogP contribution in [0.4, 0.5) is 5.69 Å². The van der Waals surface area contributed by atoms with Crippen molar-refractivity contribution < 1.29 is 0 Å². The second-order valence-electron chi connectivity index (χ2n) is 6.64. The summed E-state index contributed by atoms with van der Waals surface area (Å²) >= 11 is 0. The molecule has 0 unspecified atom stereocenters. The van der Waals surface area contributed by atoms with Crippen molar-refractivity contribution in [1.29, 1.82) is 0 Å². The van der Waals surface area contributed by atoms with Crippen LogP contribution in [-0.4, -0.2) is 18.1 Å². The number of aryl methyl sites for hydroxylation is 2. The highest BCUT2D eigenvalue weighted by atomic mass is 15.0. The third-order valence-electron chi connectivity index (χ3n) is 4.63. The molecular weight excluding hydrogens is 318 g/mol. The lowest BCUT2D eigenvalue weighted by Crippen LogP contribution is -2.29. The Morgan fingerprint density at radius 2 is 1.54 bits per heavy atom. The molecule has 0 amide bonds. The Hall–Kier alpha value is -2.65. The van der Waals surface area contributed by atoms with E-state index in [0.717, 1.165) is 25.2 Å². The number of aromatic nitrogens is 1. The highest BCUT2D eigenvalue weighted by Crippen LogP contribution is 2.19. The summed E-state index contributed by atoms with van der Waals surface area (Å²) in [5.74, 6) is 0. The largest absolute Gasteiger partial charge is 0.383 e. The molecule has 2 N–H and O–H groups in total. The van der Waals surface area contributed by atoms with Gasteiger partial charge in [-0.05, 0) is 49.1 Å². The van der Waals surface area contributed by atoms with Crippen molar-refractivity contribution in [2.24, 2.45) is 0 Å². The van der Waals surface area contributed by atoms with Crippen LogP contribution in [0.5, 0.6) is 0 Å². The summed E-state index contributed by atoms with van der Waals surface area (Å²) in [5.41, 5.74) is 6.22. The molecule has 3 heteroatoms. The number of hydrogen-bond donors (Lipinski definition) is 2. The SMILES string of the molecule is Cc1cccc(C)c1NCCN[C@H](Cc1ccccc1)c1ccccn1. The third kappa shape index (κ3) is 4.93. The first-order valence-electron chi connectivity index (χ1n) is 9.22. The molecule has 3 rings (SSSR count). The van der Waals surface area contributed by atoms with Crippen molar-refractivity contribution in [3.8, 4) is 0 Å². The van der Waals surface area contributed by atoms with Gasteiger partial charge in [0.25, 0.3) is 0 Å². The summed E-state index contributed by atoms with van der Waals surface area (Å²) in [7, 11) is 0. The Morgan fingerprint density at radius 3 is 2.23 bits per heavy atom. The maximum Gasteiger partial charge on any atom is 0.0576 e. The second-order valence-corrected chi connectivity index (χ2v) is 6.64. The van der Waals surface area contributed by atoms with E-state index < -0.39 is 0 Å². The molecule has 2 aromatic carbocycles. The van der Waals surface area contributed by atoms with E-state index in [-0.39, 0.29) is 6.04 Å². The predicted octanol–water partition coefficient (Wildman–Crippen LogP) is 4.68. The molecule has 1 aromatic heterocycles. The van der Waals surface area contributed by atoms with Gasteiger partial charge in [0.2, 0.25) is 0 Å². The number of rotatable bonds is 8. The van der Waals surface area contributed by atoms with Crippen LogP contribution in [-0.2, 0) is 6.42 Å². The standard InChI is InChI=1S/C23H27N3/c1-18-9-8-10-19(2)23(18)26-16-15-25-22(21-13-6-7-14-24-21)17-20-11-4-3-5-12-20/h3-14,22,25-26H,15-17H2,1-2H3/t22-/m1/s1. The zero-order valence-corrected chi connectivity index (χ0v) is 15.6. The molecule has 0 fully saturated rings. The van der Waals surface area contributed by atoms with Gasteiger partial charge in [-0.1, -0.05) is 54.6 Å². The lowest BCUT2D eigenvalue weighted by molar-refractivity contribution is 0.530. The molecule has 1 heterocycles. The zero-order chi connectivity index (χ0) is 18.2. The van der Waals surface area contributed by atoms with E-state index in [1.807, 2.05) is 12.3 Å². The average Bonchev–Trinajstić information content (AvgIpc) is 2.67. The number of hydrogen-bond acceptors (Lipinski definition) is 3. The highest BCUT2D eigenvalue weighted by Gasteiger charge is 2.12. The smallest absolute Gasteiger partial charge is 0.0576 e. The van der Waals surface area contributed by atoms with Crippen molar-refractivity contribution in [2.45, 2.75) is 26.3 Å². The molecule has 0 aliphatic carbocycles. The monoisotopic (exact) mass is 345 g/mol. The van der Waals surface area contributed by atoms with Gasteiger partial charge in [0.15, 0.2) is 0 Å². The fourth-order valence-electron chi connectivity index (χ4n) is 3.24. The van der Waals surface area contributed by atoms with Crippen LogP contribution in [0.1, 0.15) is 28.4 Å². The Bertz CT molecular complexity index is 780. The molecule has 26 heavy (non-hydrogen) atoms. The first kappa shape index (κ1) is 18.2. The van der Waals surface area contributed by atoms with Gasteiger partial charge < -0.3 is 10.6 Å². The van der Waals surface area contributed by atoms with E-state index in [1.54, 1.807) is 0 Å². The van der Waals surface area contributed by atoms with E-state index in [4.69, 9.17) is 0 Å². The Morgan fingerprint density at radius 1 is 0.808 bits per heavy atom. The zero-order valence-electron chi connectivity index (χ0n) is 15.6. The highest BCUT2D eigenvalue weighted by molar-refractivity contribution is 5.56. The van der Waals surface area contributed by atoms with E-state index >= 15 is 0 Å². The fraction of sp³-hybridized carbons (Fsp3) is 0.261. The lowest BCUT2D eigenvalue weighted by Gasteiger charge is -2.20. The first-order valence-corrected chi connectivity index (χ1v) is 9.22. The van der Waals surface area contributed by atoms with E-state index in [9.17, 15) is 0 Å². The number of nitrogens with one attached hydrogen (secondary N) is 2. The minimum Gasteiger partial charge on any atom is -0.383 e. The molecule has 3 aromatic rings. The van der Waals surface area contributed by atoms with Gasteiger partial charge in [0.1, 0.15) is 0 Å². The lowest BCUT2D eigenvalue weighted by atomic mass is 10.0. The summed E-state index contributed by atoms with van der Waals surface area (Å²) in [5, 5.41) is 7.24. The molecular formula is C23H27N3. The Kier molecular flexibility index (Phi) is 6.39. The fourth-order valence-corrected chi connectivity index (χ4v) is 3.24. The minimum absolute atomic E-state index is 0.207. The molecule has 0 spiro atoms. The van der Waals surface area contributed by atoms with Crippen LogP contribution in [0.25, 0.3) is 0 Å². The van der Waals surface area contributed by atoms with Gasteiger partial charge in [-0.3, -0.25) is 4.98 Å². The van der Waals surface area contributed by atoms with Crippen LogP contribution in [0.3, 0.4) is 0 Å². The second kappa shape index (κ2) is 9.16. The summed E-state index contributed by atoms with van der Waals surface area (Å²) in [4.78, 5) is 4.56. The number of benzene rings is 2. The van der Waals surface area contributed by atoms with Gasteiger partial charge >= 0.3 is 0 Å². The topological polar surface area (TPSA) is 37.0 Å². The number of pyridine rings is 1. The summed E-state index contributed by atoms with van der Waals surface area (Å²) in [6, 6.07) is 23.3. The van der Waals surface area contributed by atoms with Crippen molar-refractivity contribution in [2.75, 3.05) is 18.4 Å². The van der Waals surface area contributed by atoms with Gasteiger partial charge in [0.05, 0.1) is 11.7 Å².